The van der Waals surface area contributed by atoms with E-state index in [1.54, 1.807) is 0 Å². The van der Waals surface area contributed by atoms with Gasteiger partial charge in [-0.05, 0) is 43.5 Å². The van der Waals surface area contributed by atoms with Gasteiger partial charge >= 0.3 is 0 Å². The molecule has 2 aromatic rings. The summed E-state index contributed by atoms with van der Waals surface area (Å²) < 4.78 is 5.23. The zero-order chi connectivity index (χ0) is 24.6. The number of hydrogen-bond donors (Lipinski definition) is 1. The van der Waals surface area contributed by atoms with Gasteiger partial charge in [0.25, 0.3) is 5.69 Å². The Bertz CT molecular complexity index is 997. The van der Waals surface area contributed by atoms with Crippen molar-refractivity contribution < 1.29 is 14.5 Å². The molecule has 1 amide bonds. The number of piperidine rings is 1. The second-order valence-electron chi connectivity index (χ2n) is 9.22. The number of anilines is 2. The maximum Gasteiger partial charge on any atom is 0.271 e. The molecule has 4 rings (SSSR count). The number of nitro groups is 1. The molecule has 0 aliphatic carbocycles. The number of non-ortho nitro benzene ring substituents is 1. The summed E-state index contributed by atoms with van der Waals surface area (Å²) in [4.78, 5) is 34.9. The zero-order valence-electron chi connectivity index (χ0n) is 20.3. The highest BCUT2D eigenvalue weighted by atomic mass is 16.6. The molecular weight excluding hydrogens is 448 g/mol. The van der Waals surface area contributed by atoms with E-state index in [0.717, 1.165) is 58.1 Å². The van der Waals surface area contributed by atoms with Crippen LogP contribution in [0.3, 0.4) is 0 Å². The average molecular weight is 483 g/mol. The predicted octanol–water partition coefficient (Wildman–Crippen LogP) is 2.86. The topological polar surface area (TPSA) is 104 Å². The van der Waals surface area contributed by atoms with Crippen LogP contribution in [0.2, 0.25) is 0 Å². The molecule has 3 heterocycles. The fraction of sp³-hybridized carbons (Fsp3) is 0.520. The molecule has 0 saturated carbocycles. The second kappa shape index (κ2) is 11.9. The van der Waals surface area contributed by atoms with Gasteiger partial charge in [-0.1, -0.05) is 6.07 Å². The number of rotatable bonds is 9. The van der Waals surface area contributed by atoms with Crippen LogP contribution < -0.4 is 15.0 Å². The highest BCUT2D eigenvalue weighted by Gasteiger charge is 2.25. The summed E-state index contributed by atoms with van der Waals surface area (Å²) in [6.45, 7) is 7.83. The Balaban J connectivity index is 1.21. The van der Waals surface area contributed by atoms with E-state index in [1.165, 1.54) is 31.7 Å². The summed E-state index contributed by atoms with van der Waals surface area (Å²) >= 11 is 0. The molecular formula is C25H34N6O4. The van der Waals surface area contributed by atoms with Crippen molar-refractivity contribution in [2.45, 2.75) is 19.3 Å². The highest BCUT2D eigenvalue weighted by Crippen LogP contribution is 2.29. The third kappa shape index (κ3) is 6.89. The first-order valence-corrected chi connectivity index (χ1v) is 12.2. The molecule has 0 bridgehead atoms. The number of ether oxygens (including phenoxy) is 1. The number of carbonyl (C=O) groups is 1. The van der Waals surface area contributed by atoms with Crippen LogP contribution in [0.4, 0.5) is 17.2 Å². The van der Waals surface area contributed by atoms with Gasteiger partial charge in [0.1, 0.15) is 11.6 Å². The van der Waals surface area contributed by atoms with Gasteiger partial charge < -0.3 is 19.9 Å². The molecule has 1 aromatic heterocycles. The number of piperazine rings is 1. The molecule has 1 aromatic carbocycles. The van der Waals surface area contributed by atoms with Gasteiger partial charge in [0.05, 0.1) is 17.7 Å². The minimum Gasteiger partial charge on any atom is -0.495 e. The largest absolute Gasteiger partial charge is 0.495 e. The fourth-order valence-electron chi connectivity index (χ4n) is 4.95. The molecule has 10 nitrogen and oxygen atoms in total. The lowest BCUT2D eigenvalue weighted by Crippen LogP contribution is -2.50. The molecule has 1 unspecified atom stereocenters. The Morgan fingerprint density at radius 1 is 1.17 bits per heavy atom. The average Bonchev–Trinajstić information content (AvgIpc) is 2.88. The molecule has 35 heavy (non-hydrogen) atoms. The number of likely N-dealkylation sites (tertiary alicyclic amines) is 1. The summed E-state index contributed by atoms with van der Waals surface area (Å²) in [6.07, 6.45) is 4.53. The van der Waals surface area contributed by atoms with E-state index in [-0.39, 0.29) is 11.6 Å². The predicted molar refractivity (Wildman–Crippen MR) is 135 cm³/mol. The van der Waals surface area contributed by atoms with Crippen molar-refractivity contribution in [1.29, 1.82) is 0 Å². The molecule has 10 heteroatoms. The number of pyridine rings is 1. The first kappa shape index (κ1) is 24.9. The maximum absolute atomic E-state index is 12.6. The zero-order valence-corrected chi connectivity index (χ0v) is 20.3. The van der Waals surface area contributed by atoms with Crippen molar-refractivity contribution in [2.24, 2.45) is 5.92 Å². The molecule has 2 saturated heterocycles. The van der Waals surface area contributed by atoms with Crippen LogP contribution in [-0.4, -0.2) is 85.1 Å². The van der Waals surface area contributed by atoms with Gasteiger partial charge in [-0.15, -0.1) is 0 Å². The quantitative estimate of drug-likeness (QED) is 0.430. The number of carbonyl (C=O) groups excluding carboxylic acids is 1. The molecule has 2 fully saturated rings. The maximum atomic E-state index is 12.6. The lowest BCUT2D eigenvalue weighted by Gasteiger charge is -2.39. The summed E-state index contributed by atoms with van der Waals surface area (Å²) in [5, 5.41) is 13.8. The molecule has 2 aliphatic heterocycles. The van der Waals surface area contributed by atoms with Crippen LogP contribution in [-0.2, 0) is 4.79 Å². The second-order valence-corrected chi connectivity index (χ2v) is 9.22. The first-order chi connectivity index (χ1) is 17.0. The van der Waals surface area contributed by atoms with E-state index in [9.17, 15) is 14.9 Å². The summed E-state index contributed by atoms with van der Waals surface area (Å²) in [5.74, 6) is 1.89. The Hall–Kier alpha value is -3.24. The van der Waals surface area contributed by atoms with E-state index in [4.69, 9.17) is 4.74 Å². The Morgan fingerprint density at radius 3 is 2.71 bits per heavy atom. The van der Waals surface area contributed by atoms with E-state index < -0.39 is 4.92 Å². The molecule has 188 valence electrons. The van der Waals surface area contributed by atoms with E-state index in [0.29, 0.717) is 30.3 Å². The molecule has 2 aliphatic rings. The van der Waals surface area contributed by atoms with Gasteiger partial charge in [-0.2, -0.15) is 0 Å². The third-order valence-corrected chi connectivity index (χ3v) is 6.79. The molecule has 1 N–H and O–H groups in total. The standard InChI is InChI=1S/C25H34N6O4/c1-35-23-8-7-21(31(33)34)17-22(23)27-25(32)9-12-28-11-4-5-20(18-28)19-29-13-15-30(16-14-29)24-6-2-3-10-26-24/h2-3,6-8,10,17,20H,4-5,9,11-16,18-19H2,1H3,(H,27,32). The van der Waals surface area contributed by atoms with Gasteiger partial charge in [-0.25, -0.2) is 4.98 Å². The minimum atomic E-state index is -0.485. The van der Waals surface area contributed by atoms with Crippen molar-refractivity contribution in [3.63, 3.8) is 0 Å². The number of amides is 1. The lowest BCUT2D eigenvalue weighted by atomic mass is 9.97. The van der Waals surface area contributed by atoms with Gasteiger partial charge in [0, 0.05) is 70.6 Å². The molecule has 0 radical (unpaired) electrons. The van der Waals surface area contributed by atoms with E-state index in [1.807, 2.05) is 18.3 Å². The SMILES string of the molecule is COc1ccc([N+](=O)[O-])cc1NC(=O)CCN1CCCC(CN2CCN(c3ccccn3)CC2)C1. The Labute approximate surface area is 206 Å². The van der Waals surface area contributed by atoms with Crippen LogP contribution in [0.15, 0.2) is 42.6 Å². The van der Waals surface area contributed by atoms with Crippen LogP contribution in [0.25, 0.3) is 0 Å². The van der Waals surface area contributed by atoms with Crippen molar-refractivity contribution >= 4 is 23.1 Å². The fourth-order valence-corrected chi connectivity index (χ4v) is 4.95. The number of nitrogens with one attached hydrogen (secondary N) is 1. The number of hydrogen-bond acceptors (Lipinski definition) is 8. The van der Waals surface area contributed by atoms with Crippen LogP contribution in [0, 0.1) is 16.0 Å². The van der Waals surface area contributed by atoms with Crippen molar-refractivity contribution in [3.05, 3.63) is 52.7 Å². The first-order valence-electron chi connectivity index (χ1n) is 12.2. The lowest BCUT2D eigenvalue weighted by molar-refractivity contribution is -0.384. The van der Waals surface area contributed by atoms with Gasteiger partial charge in [0.2, 0.25) is 5.91 Å². The number of nitrogens with zero attached hydrogens (tertiary/aromatic N) is 5. The van der Waals surface area contributed by atoms with Gasteiger partial charge in [-0.3, -0.25) is 19.8 Å². The summed E-state index contributed by atoms with van der Waals surface area (Å²) in [7, 11) is 1.48. The Morgan fingerprint density at radius 2 is 2.00 bits per heavy atom. The van der Waals surface area contributed by atoms with Gasteiger partial charge in [0.15, 0.2) is 0 Å². The smallest absolute Gasteiger partial charge is 0.271 e. The number of aromatic nitrogens is 1. The monoisotopic (exact) mass is 482 g/mol. The minimum absolute atomic E-state index is 0.0826. The molecule has 0 spiro atoms. The van der Waals surface area contributed by atoms with Crippen LogP contribution in [0.5, 0.6) is 5.75 Å². The number of benzene rings is 1. The molecule has 1 atom stereocenters. The van der Waals surface area contributed by atoms with Crippen molar-refractivity contribution in [3.8, 4) is 5.75 Å². The third-order valence-electron chi connectivity index (χ3n) is 6.79. The summed E-state index contributed by atoms with van der Waals surface area (Å²) in [6, 6.07) is 10.2. The van der Waals surface area contributed by atoms with Crippen molar-refractivity contribution in [1.82, 2.24) is 14.8 Å². The van der Waals surface area contributed by atoms with Crippen molar-refractivity contribution in [2.75, 3.05) is 69.7 Å². The summed E-state index contributed by atoms with van der Waals surface area (Å²) in [5.41, 5.74) is 0.244. The van der Waals surface area contributed by atoms with E-state index in [2.05, 4.69) is 31.1 Å². The Kier molecular flexibility index (Phi) is 8.49. The van der Waals surface area contributed by atoms with E-state index >= 15 is 0 Å². The van der Waals surface area contributed by atoms with Crippen LogP contribution >= 0.6 is 0 Å². The number of methoxy groups -OCH3 is 1. The normalized spacial score (nSPS) is 19.3. The number of nitro benzene ring substituents is 1. The highest BCUT2D eigenvalue weighted by molar-refractivity contribution is 5.92. The van der Waals surface area contributed by atoms with Crippen LogP contribution in [0.1, 0.15) is 19.3 Å².